The van der Waals surface area contributed by atoms with Crippen LogP contribution in [0.1, 0.15) is 43.0 Å². The van der Waals surface area contributed by atoms with Crippen molar-refractivity contribution in [2.45, 2.75) is 50.9 Å². The standard InChI is InChI=1S/C34H32IN2/c1-7-21-17-22-14-15-36(6)32-28-20(3)25-16-19(2)12-13-23(25)26(18-34(4,5)35)31(28)37-27-11-9-8-10-24(27)29(21)33(37)30(22)32/h8-17H,7,18H2,1-6H3/q+1. The molecule has 0 spiro atoms. The van der Waals surface area contributed by atoms with Crippen molar-refractivity contribution in [1.82, 2.24) is 4.40 Å². The molecule has 3 aromatic heterocycles. The molecule has 0 aliphatic heterocycles. The number of pyridine rings is 2. The molecule has 7 aromatic rings. The van der Waals surface area contributed by atoms with Crippen molar-refractivity contribution >= 4 is 82.4 Å². The molecule has 37 heavy (non-hydrogen) atoms. The van der Waals surface area contributed by atoms with E-state index in [0.717, 1.165) is 12.8 Å². The summed E-state index contributed by atoms with van der Waals surface area (Å²) >= 11 is 2.63. The second kappa shape index (κ2) is 7.80. The number of para-hydroxylation sites is 1. The number of hydrogen-bond acceptors (Lipinski definition) is 0. The van der Waals surface area contributed by atoms with Gasteiger partial charge in [-0.2, -0.15) is 0 Å². The first-order valence-electron chi connectivity index (χ1n) is 13.3. The number of aromatic nitrogens is 2. The summed E-state index contributed by atoms with van der Waals surface area (Å²) in [7, 11) is 2.22. The molecule has 0 atom stereocenters. The van der Waals surface area contributed by atoms with Crippen LogP contribution in [0.15, 0.2) is 60.8 Å². The van der Waals surface area contributed by atoms with Gasteiger partial charge in [0.25, 0.3) is 0 Å². The van der Waals surface area contributed by atoms with Gasteiger partial charge in [-0.3, -0.25) is 0 Å². The topological polar surface area (TPSA) is 8.29 Å². The van der Waals surface area contributed by atoms with Crippen molar-refractivity contribution in [1.29, 1.82) is 0 Å². The van der Waals surface area contributed by atoms with Crippen LogP contribution in [0, 0.1) is 13.8 Å². The number of rotatable bonds is 3. The third kappa shape index (κ3) is 3.13. The van der Waals surface area contributed by atoms with Crippen LogP contribution in [-0.4, -0.2) is 7.82 Å². The van der Waals surface area contributed by atoms with Gasteiger partial charge in [0.05, 0.1) is 27.3 Å². The largest absolute Gasteiger partial charge is 0.307 e. The molecule has 3 heteroatoms. The zero-order valence-electron chi connectivity index (χ0n) is 22.5. The second-order valence-corrected chi connectivity index (χ2v) is 14.4. The molecule has 0 bridgehead atoms. The summed E-state index contributed by atoms with van der Waals surface area (Å²) in [6.07, 6.45) is 4.28. The van der Waals surface area contributed by atoms with Crippen LogP contribution in [0.5, 0.6) is 0 Å². The van der Waals surface area contributed by atoms with Crippen LogP contribution in [0.2, 0.25) is 0 Å². The van der Waals surface area contributed by atoms with Gasteiger partial charge in [0.1, 0.15) is 7.05 Å². The van der Waals surface area contributed by atoms with E-state index in [2.05, 4.69) is 134 Å². The van der Waals surface area contributed by atoms with E-state index in [1.54, 1.807) is 0 Å². The number of benzene rings is 4. The predicted molar refractivity (Wildman–Crippen MR) is 168 cm³/mol. The first-order chi connectivity index (χ1) is 17.7. The first kappa shape index (κ1) is 23.2. The summed E-state index contributed by atoms with van der Waals surface area (Å²) < 4.78 is 5.12. The highest BCUT2D eigenvalue weighted by Gasteiger charge is 2.29. The molecule has 184 valence electrons. The van der Waals surface area contributed by atoms with Crippen LogP contribution in [0.4, 0.5) is 0 Å². The fourth-order valence-corrected chi connectivity index (χ4v) is 7.25. The molecule has 0 aliphatic rings. The third-order valence-electron chi connectivity index (χ3n) is 8.36. The van der Waals surface area contributed by atoms with Gasteiger partial charge in [-0.05, 0) is 71.7 Å². The Hall–Kier alpha value is -2.92. The second-order valence-electron chi connectivity index (χ2n) is 11.5. The Morgan fingerprint density at radius 1 is 0.865 bits per heavy atom. The molecule has 0 unspecified atom stereocenters. The van der Waals surface area contributed by atoms with Gasteiger partial charge in [0.2, 0.25) is 5.52 Å². The normalized spacial score (nSPS) is 12.9. The molecule has 0 saturated heterocycles. The highest BCUT2D eigenvalue weighted by molar-refractivity contribution is 14.1. The monoisotopic (exact) mass is 595 g/mol. The van der Waals surface area contributed by atoms with Crippen LogP contribution < -0.4 is 4.57 Å². The van der Waals surface area contributed by atoms with Crippen molar-refractivity contribution in [3.05, 3.63) is 83.0 Å². The summed E-state index contributed by atoms with van der Waals surface area (Å²) in [6, 6.07) is 20.9. The summed E-state index contributed by atoms with van der Waals surface area (Å²) in [4.78, 5) is 0. The van der Waals surface area contributed by atoms with Gasteiger partial charge in [-0.15, -0.1) is 0 Å². The highest BCUT2D eigenvalue weighted by Crippen LogP contribution is 2.46. The molecule has 0 fully saturated rings. The molecule has 2 nitrogen and oxygen atoms in total. The average molecular weight is 596 g/mol. The number of aryl methyl sites for hydroxylation is 4. The van der Waals surface area contributed by atoms with Crippen molar-refractivity contribution in [2.75, 3.05) is 0 Å². The van der Waals surface area contributed by atoms with Crippen LogP contribution in [0.25, 0.3) is 59.8 Å². The molecule has 7 rings (SSSR count). The molecule has 0 aliphatic carbocycles. The van der Waals surface area contributed by atoms with E-state index < -0.39 is 0 Å². The lowest BCUT2D eigenvalue weighted by molar-refractivity contribution is -0.643. The fraction of sp³-hybridized carbons (Fsp3) is 0.265. The van der Waals surface area contributed by atoms with Gasteiger partial charge in [0.15, 0.2) is 6.20 Å². The zero-order chi connectivity index (χ0) is 25.8. The molecular formula is C34H32IN2+. The maximum absolute atomic E-state index is 2.64. The highest BCUT2D eigenvalue weighted by atomic mass is 127. The van der Waals surface area contributed by atoms with Crippen molar-refractivity contribution in [3.63, 3.8) is 0 Å². The summed E-state index contributed by atoms with van der Waals surface area (Å²) in [6.45, 7) is 11.6. The van der Waals surface area contributed by atoms with E-state index in [1.807, 2.05) is 0 Å². The summed E-state index contributed by atoms with van der Waals surface area (Å²) in [5, 5.41) is 9.67. The third-order valence-corrected chi connectivity index (χ3v) is 8.74. The van der Waals surface area contributed by atoms with Crippen molar-refractivity contribution in [2.24, 2.45) is 7.05 Å². The Balaban J connectivity index is 1.95. The SMILES string of the molecule is CCc1cc2cc[n+](C)c3c4c(C)c5cc(C)ccc5c(CC(C)(C)I)c4n4c5ccccc5c1c4c23. The lowest BCUT2D eigenvalue weighted by Gasteiger charge is -2.23. The van der Waals surface area contributed by atoms with Crippen LogP contribution in [0.3, 0.4) is 0 Å². The lowest BCUT2D eigenvalue weighted by atomic mass is 9.88. The molecule has 0 saturated carbocycles. The van der Waals surface area contributed by atoms with Crippen LogP contribution in [-0.2, 0) is 19.9 Å². The quantitative estimate of drug-likeness (QED) is 0.0634. The predicted octanol–water partition coefficient (Wildman–Crippen LogP) is 8.90. The van der Waals surface area contributed by atoms with Crippen LogP contribution >= 0.6 is 22.6 Å². The number of fused-ring (bicyclic) bond motifs is 7. The van der Waals surface area contributed by atoms with Gasteiger partial charge in [-0.1, -0.05) is 85.3 Å². The molecule has 0 N–H and O–H groups in total. The summed E-state index contributed by atoms with van der Waals surface area (Å²) in [5.74, 6) is 0. The maximum atomic E-state index is 2.64. The number of nitrogens with zero attached hydrogens (tertiary/aromatic N) is 2. The molecule has 0 radical (unpaired) electrons. The van der Waals surface area contributed by atoms with E-state index >= 15 is 0 Å². The zero-order valence-corrected chi connectivity index (χ0v) is 24.6. The lowest BCUT2D eigenvalue weighted by Crippen LogP contribution is -2.29. The Bertz CT molecular complexity index is 2050. The summed E-state index contributed by atoms with van der Waals surface area (Å²) in [5.41, 5.74) is 11.0. The Kier molecular flexibility index (Phi) is 4.89. The minimum absolute atomic E-state index is 0.125. The smallest absolute Gasteiger partial charge is 0.224 e. The van der Waals surface area contributed by atoms with E-state index in [9.17, 15) is 0 Å². The van der Waals surface area contributed by atoms with E-state index in [-0.39, 0.29) is 3.42 Å². The maximum Gasteiger partial charge on any atom is 0.224 e. The number of hydrogen-bond donors (Lipinski definition) is 0. The Morgan fingerprint density at radius 2 is 1.65 bits per heavy atom. The van der Waals surface area contributed by atoms with Gasteiger partial charge in [0, 0.05) is 20.3 Å². The molecule has 3 heterocycles. The fourth-order valence-electron chi connectivity index (χ4n) is 6.86. The van der Waals surface area contributed by atoms with E-state index in [4.69, 9.17) is 0 Å². The molecular weight excluding hydrogens is 563 g/mol. The Labute approximate surface area is 231 Å². The minimum atomic E-state index is 0.125. The Morgan fingerprint density at radius 3 is 2.41 bits per heavy atom. The van der Waals surface area contributed by atoms with E-state index in [1.165, 1.54) is 82.0 Å². The number of halogens is 1. The first-order valence-corrected chi connectivity index (χ1v) is 14.4. The number of alkyl halides is 1. The van der Waals surface area contributed by atoms with E-state index in [0.29, 0.717) is 0 Å². The van der Waals surface area contributed by atoms with Gasteiger partial charge < -0.3 is 4.40 Å². The van der Waals surface area contributed by atoms with Crippen molar-refractivity contribution < 1.29 is 4.57 Å². The minimum Gasteiger partial charge on any atom is -0.307 e. The molecule has 4 aromatic carbocycles. The van der Waals surface area contributed by atoms with Crippen molar-refractivity contribution in [3.8, 4) is 0 Å². The van der Waals surface area contributed by atoms with Gasteiger partial charge in [-0.25, -0.2) is 4.57 Å². The average Bonchev–Trinajstić information content (AvgIpc) is 3.21. The molecule has 0 amide bonds. The van der Waals surface area contributed by atoms with Gasteiger partial charge >= 0.3 is 0 Å².